The molecule has 0 aromatic heterocycles. The Kier molecular flexibility index (Phi) is 3.89. The quantitative estimate of drug-likeness (QED) is 0.908. The Balaban J connectivity index is 1.73. The number of ether oxygens (including phenoxy) is 1. The van der Waals surface area contributed by atoms with E-state index in [0.717, 1.165) is 24.6 Å². The monoisotopic (exact) mass is 314 g/mol. The van der Waals surface area contributed by atoms with Crippen molar-refractivity contribution in [1.29, 1.82) is 0 Å². The van der Waals surface area contributed by atoms with Gasteiger partial charge in [-0.05, 0) is 80.3 Å². The molecule has 1 aromatic carbocycles. The van der Waals surface area contributed by atoms with E-state index in [1.54, 1.807) is 7.11 Å². The Morgan fingerprint density at radius 2 is 2.17 bits per heavy atom. The van der Waals surface area contributed by atoms with Gasteiger partial charge in [0.05, 0.1) is 7.11 Å². The summed E-state index contributed by atoms with van der Waals surface area (Å²) in [6.07, 6.45) is 6.43. The lowest BCUT2D eigenvalue weighted by atomic mass is 9.56. The summed E-state index contributed by atoms with van der Waals surface area (Å²) in [6.45, 7) is 5.81. The molecule has 0 spiro atoms. The number of hydrogen-bond donors (Lipinski definition) is 1. The van der Waals surface area contributed by atoms with Gasteiger partial charge in [-0.15, -0.1) is 0 Å². The highest BCUT2D eigenvalue weighted by atomic mass is 16.5. The Labute approximate surface area is 140 Å². The fourth-order valence-electron chi connectivity index (χ4n) is 5.26. The molecule has 0 amide bonds. The third-order valence-corrected chi connectivity index (χ3v) is 6.83. The van der Waals surface area contributed by atoms with Gasteiger partial charge in [-0.2, -0.15) is 0 Å². The number of fused-ring (bicyclic) bond motifs is 4. The first-order chi connectivity index (χ1) is 11.2. The van der Waals surface area contributed by atoms with Crippen LogP contribution in [-0.2, 0) is 11.8 Å². The molecule has 3 nitrogen and oxygen atoms in total. The Hall–Kier alpha value is -1.06. The van der Waals surface area contributed by atoms with Crippen molar-refractivity contribution in [2.45, 2.75) is 50.5 Å². The third kappa shape index (κ3) is 2.49. The van der Waals surface area contributed by atoms with Gasteiger partial charge in [0.15, 0.2) is 0 Å². The van der Waals surface area contributed by atoms with Crippen LogP contribution in [-0.4, -0.2) is 37.7 Å². The number of rotatable bonds is 5. The number of likely N-dealkylation sites (tertiary alicyclic amines) is 1. The van der Waals surface area contributed by atoms with E-state index in [4.69, 9.17) is 10.5 Å². The molecular formula is C20H30N2O. The van der Waals surface area contributed by atoms with Gasteiger partial charge in [0.2, 0.25) is 0 Å². The van der Waals surface area contributed by atoms with E-state index in [1.807, 2.05) is 0 Å². The van der Waals surface area contributed by atoms with E-state index in [-0.39, 0.29) is 5.41 Å². The van der Waals surface area contributed by atoms with Gasteiger partial charge in [-0.3, -0.25) is 4.90 Å². The smallest absolute Gasteiger partial charge is 0.119 e. The van der Waals surface area contributed by atoms with Gasteiger partial charge in [-0.1, -0.05) is 13.0 Å². The number of nitrogens with zero attached hydrogens (tertiary/aromatic N) is 1. The summed E-state index contributed by atoms with van der Waals surface area (Å²) in [7, 11) is 1.77. The predicted octanol–water partition coefficient (Wildman–Crippen LogP) is 2.96. The summed E-state index contributed by atoms with van der Waals surface area (Å²) in [5.41, 5.74) is 9.37. The maximum atomic E-state index is 6.06. The maximum Gasteiger partial charge on any atom is 0.119 e. The normalized spacial score (nSPS) is 33.3. The molecule has 4 rings (SSSR count). The van der Waals surface area contributed by atoms with E-state index in [1.165, 1.54) is 49.9 Å². The minimum absolute atomic E-state index is 0.252. The lowest BCUT2D eigenvalue weighted by Gasteiger charge is -2.56. The topological polar surface area (TPSA) is 38.5 Å². The van der Waals surface area contributed by atoms with Gasteiger partial charge >= 0.3 is 0 Å². The van der Waals surface area contributed by atoms with Crippen LogP contribution in [0, 0.1) is 11.8 Å². The number of nitrogens with two attached hydrogens (primary N) is 1. The summed E-state index contributed by atoms with van der Waals surface area (Å²) in [5, 5.41) is 0. The van der Waals surface area contributed by atoms with Crippen LogP contribution >= 0.6 is 0 Å². The van der Waals surface area contributed by atoms with Crippen LogP contribution < -0.4 is 10.5 Å². The van der Waals surface area contributed by atoms with Gasteiger partial charge in [0.1, 0.15) is 5.75 Å². The highest BCUT2D eigenvalue weighted by Gasteiger charge is 2.51. The average molecular weight is 314 g/mol. The summed E-state index contributed by atoms with van der Waals surface area (Å²) in [5.74, 6) is 2.64. The maximum absolute atomic E-state index is 6.06. The molecule has 3 atom stereocenters. The summed E-state index contributed by atoms with van der Waals surface area (Å²) >= 11 is 0. The molecule has 126 valence electrons. The second-order valence-corrected chi connectivity index (χ2v) is 7.97. The zero-order valence-electron chi connectivity index (χ0n) is 14.6. The zero-order chi connectivity index (χ0) is 16.0. The molecule has 3 aliphatic rings. The van der Waals surface area contributed by atoms with Crippen molar-refractivity contribution >= 4 is 0 Å². The van der Waals surface area contributed by atoms with Crippen LogP contribution in [0.1, 0.15) is 43.7 Å². The molecule has 0 radical (unpaired) electrons. The minimum atomic E-state index is 0.252. The molecule has 2 aliphatic carbocycles. The lowest BCUT2D eigenvalue weighted by molar-refractivity contribution is 0.0168. The van der Waals surface area contributed by atoms with Crippen molar-refractivity contribution in [2.75, 3.05) is 26.7 Å². The fraction of sp³-hybridized carbons (Fsp3) is 0.700. The standard InChI is InChI=1S/C20H30N2O/c1-14-19-11-16-5-6-17(23-2)12-18(16)20(14,7-9-21)8-10-22(19)13-15-3-4-15/h5-6,12,14-15,19H,3-4,7-11,13,21H2,1-2H3/t14-,19+,20?/m0/s1. The van der Waals surface area contributed by atoms with Gasteiger partial charge in [0.25, 0.3) is 0 Å². The molecule has 1 saturated heterocycles. The number of hydrogen-bond acceptors (Lipinski definition) is 3. The van der Waals surface area contributed by atoms with Crippen molar-refractivity contribution < 1.29 is 4.74 Å². The van der Waals surface area contributed by atoms with Crippen molar-refractivity contribution in [3.05, 3.63) is 29.3 Å². The first-order valence-corrected chi connectivity index (χ1v) is 9.29. The second-order valence-electron chi connectivity index (χ2n) is 7.97. The van der Waals surface area contributed by atoms with E-state index < -0.39 is 0 Å². The molecule has 3 heteroatoms. The Bertz CT molecular complexity index is 583. The third-order valence-electron chi connectivity index (χ3n) is 6.83. The lowest BCUT2D eigenvalue weighted by Crippen LogP contribution is -2.59. The first-order valence-electron chi connectivity index (χ1n) is 9.29. The predicted molar refractivity (Wildman–Crippen MR) is 93.9 cm³/mol. The number of piperidine rings is 1. The van der Waals surface area contributed by atoms with E-state index in [2.05, 4.69) is 30.0 Å². The average Bonchev–Trinajstić information content (AvgIpc) is 3.37. The van der Waals surface area contributed by atoms with Crippen LogP contribution in [0.2, 0.25) is 0 Å². The fourth-order valence-corrected chi connectivity index (χ4v) is 5.26. The molecule has 1 aliphatic heterocycles. The van der Waals surface area contributed by atoms with Gasteiger partial charge in [-0.25, -0.2) is 0 Å². The molecule has 1 aromatic rings. The summed E-state index contributed by atoms with van der Waals surface area (Å²) in [4.78, 5) is 2.80. The van der Waals surface area contributed by atoms with Crippen molar-refractivity contribution in [1.82, 2.24) is 4.90 Å². The molecule has 2 N–H and O–H groups in total. The molecule has 1 saturated carbocycles. The second kappa shape index (κ2) is 5.78. The number of methoxy groups -OCH3 is 1. The SMILES string of the molecule is COc1ccc2c(c1)C1(CCN)CCN(CC3CC3)[C@H](C2)[C@@H]1C. The Morgan fingerprint density at radius 1 is 1.35 bits per heavy atom. The summed E-state index contributed by atoms with van der Waals surface area (Å²) < 4.78 is 5.52. The van der Waals surface area contributed by atoms with Gasteiger partial charge in [0, 0.05) is 18.0 Å². The summed E-state index contributed by atoms with van der Waals surface area (Å²) in [6, 6.07) is 7.43. The molecule has 1 heterocycles. The van der Waals surface area contributed by atoms with Crippen LogP contribution in [0.3, 0.4) is 0 Å². The molecular weight excluding hydrogens is 284 g/mol. The van der Waals surface area contributed by atoms with Crippen LogP contribution in [0.25, 0.3) is 0 Å². The van der Waals surface area contributed by atoms with E-state index >= 15 is 0 Å². The molecule has 23 heavy (non-hydrogen) atoms. The number of benzene rings is 1. The van der Waals surface area contributed by atoms with Crippen molar-refractivity contribution in [3.63, 3.8) is 0 Å². The van der Waals surface area contributed by atoms with Crippen molar-refractivity contribution in [2.24, 2.45) is 17.6 Å². The Morgan fingerprint density at radius 3 is 2.87 bits per heavy atom. The molecule has 2 bridgehead atoms. The largest absolute Gasteiger partial charge is 0.497 e. The molecule has 2 fully saturated rings. The van der Waals surface area contributed by atoms with Gasteiger partial charge < -0.3 is 10.5 Å². The first kappa shape index (κ1) is 15.5. The van der Waals surface area contributed by atoms with Crippen LogP contribution in [0.15, 0.2) is 18.2 Å². The van der Waals surface area contributed by atoms with Crippen molar-refractivity contribution in [3.8, 4) is 5.75 Å². The minimum Gasteiger partial charge on any atom is -0.497 e. The van der Waals surface area contributed by atoms with Crippen LogP contribution in [0.4, 0.5) is 0 Å². The molecule has 1 unspecified atom stereocenters. The highest BCUT2D eigenvalue weighted by Crippen LogP contribution is 2.52. The zero-order valence-corrected chi connectivity index (χ0v) is 14.6. The van der Waals surface area contributed by atoms with E-state index in [0.29, 0.717) is 12.0 Å². The van der Waals surface area contributed by atoms with Crippen LogP contribution in [0.5, 0.6) is 5.75 Å². The highest BCUT2D eigenvalue weighted by molar-refractivity contribution is 5.45. The van der Waals surface area contributed by atoms with E-state index in [9.17, 15) is 0 Å².